The molecule has 0 unspecified atom stereocenters. The summed E-state index contributed by atoms with van der Waals surface area (Å²) in [6, 6.07) is 4.38. The molecular formula is C13H14N2O4. The van der Waals surface area contributed by atoms with Crippen molar-refractivity contribution < 1.29 is 14.5 Å². The maximum atomic E-state index is 12.3. The standard InChI is InChI=1S/C13H14N2O4/c16-13(9-2-1-3-9)14-6-7-19-12-5-4-10(15(17)18)8-11(12)14/h4-5,8-9H,1-3,6-7H2. The van der Waals surface area contributed by atoms with Gasteiger partial charge in [0, 0.05) is 18.1 Å². The van der Waals surface area contributed by atoms with Gasteiger partial charge in [-0.1, -0.05) is 6.42 Å². The van der Waals surface area contributed by atoms with Gasteiger partial charge in [-0.2, -0.15) is 0 Å². The van der Waals surface area contributed by atoms with Crippen molar-refractivity contribution in [2.75, 3.05) is 18.1 Å². The molecule has 3 rings (SSSR count). The summed E-state index contributed by atoms with van der Waals surface area (Å²) in [5, 5.41) is 10.8. The number of nitro benzene ring substituents is 1. The van der Waals surface area contributed by atoms with Crippen LogP contribution >= 0.6 is 0 Å². The number of fused-ring (bicyclic) bond motifs is 1. The van der Waals surface area contributed by atoms with Crippen LogP contribution in [0.1, 0.15) is 19.3 Å². The summed E-state index contributed by atoms with van der Waals surface area (Å²) in [5.41, 5.74) is 0.507. The minimum absolute atomic E-state index is 0.0179. The second-order valence-corrected chi connectivity index (χ2v) is 4.88. The fraction of sp³-hybridized carbons (Fsp3) is 0.462. The molecule has 6 heteroatoms. The van der Waals surface area contributed by atoms with Crippen molar-refractivity contribution in [1.82, 2.24) is 0 Å². The number of ether oxygens (including phenoxy) is 1. The van der Waals surface area contributed by atoms with Crippen LogP contribution in [-0.2, 0) is 4.79 Å². The molecule has 0 N–H and O–H groups in total. The van der Waals surface area contributed by atoms with E-state index in [-0.39, 0.29) is 17.5 Å². The van der Waals surface area contributed by atoms with Crippen LogP contribution in [-0.4, -0.2) is 24.0 Å². The number of amides is 1. The molecule has 0 atom stereocenters. The lowest BCUT2D eigenvalue weighted by molar-refractivity contribution is -0.384. The number of rotatable bonds is 2. The van der Waals surface area contributed by atoms with E-state index in [0.717, 1.165) is 19.3 Å². The largest absolute Gasteiger partial charge is 0.490 e. The maximum Gasteiger partial charge on any atom is 0.271 e. The Morgan fingerprint density at radius 1 is 1.42 bits per heavy atom. The molecule has 19 heavy (non-hydrogen) atoms. The Hall–Kier alpha value is -2.11. The summed E-state index contributed by atoms with van der Waals surface area (Å²) < 4.78 is 5.45. The summed E-state index contributed by atoms with van der Waals surface area (Å²) in [6.07, 6.45) is 2.92. The number of anilines is 1. The van der Waals surface area contributed by atoms with Crippen LogP contribution in [0.5, 0.6) is 5.75 Å². The molecule has 0 spiro atoms. The quantitative estimate of drug-likeness (QED) is 0.604. The molecule has 6 nitrogen and oxygen atoms in total. The van der Waals surface area contributed by atoms with E-state index in [1.807, 2.05) is 0 Å². The van der Waals surface area contributed by atoms with Gasteiger partial charge in [0.15, 0.2) is 0 Å². The Bertz CT molecular complexity index is 539. The van der Waals surface area contributed by atoms with Gasteiger partial charge in [0.25, 0.3) is 5.69 Å². The van der Waals surface area contributed by atoms with Gasteiger partial charge >= 0.3 is 0 Å². The minimum atomic E-state index is -0.457. The first-order valence-corrected chi connectivity index (χ1v) is 6.39. The molecule has 1 aromatic carbocycles. The lowest BCUT2D eigenvalue weighted by Crippen LogP contribution is -2.43. The lowest BCUT2D eigenvalue weighted by atomic mass is 9.84. The fourth-order valence-corrected chi connectivity index (χ4v) is 2.42. The first kappa shape index (κ1) is 12.0. The Morgan fingerprint density at radius 3 is 2.84 bits per heavy atom. The predicted molar refractivity (Wildman–Crippen MR) is 68.3 cm³/mol. The normalized spacial score (nSPS) is 18.2. The second kappa shape index (κ2) is 4.53. The topological polar surface area (TPSA) is 72.7 Å². The molecule has 0 radical (unpaired) electrons. The van der Waals surface area contributed by atoms with E-state index in [0.29, 0.717) is 24.6 Å². The predicted octanol–water partition coefficient (Wildman–Crippen LogP) is 2.12. The highest BCUT2D eigenvalue weighted by molar-refractivity contribution is 5.97. The summed E-state index contributed by atoms with van der Waals surface area (Å²) in [4.78, 5) is 24.3. The summed E-state index contributed by atoms with van der Waals surface area (Å²) in [5.74, 6) is 0.686. The first-order chi connectivity index (χ1) is 9.16. The molecule has 1 heterocycles. The minimum Gasteiger partial charge on any atom is -0.490 e. The Kier molecular flexibility index (Phi) is 2.85. The molecule has 100 valence electrons. The number of carbonyl (C=O) groups excluding carboxylic acids is 1. The molecule has 2 aliphatic rings. The van der Waals surface area contributed by atoms with Crippen LogP contribution in [0.15, 0.2) is 18.2 Å². The third-order valence-electron chi connectivity index (χ3n) is 3.74. The number of nitro groups is 1. The zero-order chi connectivity index (χ0) is 13.4. The maximum absolute atomic E-state index is 12.3. The zero-order valence-electron chi connectivity index (χ0n) is 10.4. The van der Waals surface area contributed by atoms with Gasteiger partial charge in [0.05, 0.1) is 17.2 Å². The third-order valence-corrected chi connectivity index (χ3v) is 3.74. The van der Waals surface area contributed by atoms with Crippen molar-refractivity contribution in [2.45, 2.75) is 19.3 Å². The van der Waals surface area contributed by atoms with Crippen molar-refractivity contribution >= 4 is 17.3 Å². The molecule has 1 saturated carbocycles. The molecule has 0 saturated heterocycles. The van der Waals surface area contributed by atoms with Crippen molar-refractivity contribution in [2.24, 2.45) is 5.92 Å². The van der Waals surface area contributed by atoms with Crippen molar-refractivity contribution in [3.63, 3.8) is 0 Å². The van der Waals surface area contributed by atoms with Gasteiger partial charge in [0.2, 0.25) is 5.91 Å². The SMILES string of the molecule is O=C(C1CCC1)N1CCOc2ccc([N+](=O)[O-])cc21. The number of nitrogens with zero attached hydrogens (tertiary/aromatic N) is 2. The molecule has 0 aromatic heterocycles. The van der Waals surface area contributed by atoms with E-state index in [9.17, 15) is 14.9 Å². The van der Waals surface area contributed by atoms with Crippen molar-refractivity contribution in [1.29, 1.82) is 0 Å². The first-order valence-electron chi connectivity index (χ1n) is 6.39. The van der Waals surface area contributed by atoms with Crippen LogP contribution in [0.25, 0.3) is 0 Å². The van der Waals surface area contributed by atoms with Crippen LogP contribution < -0.4 is 9.64 Å². The van der Waals surface area contributed by atoms with Gasteiger partial charge in [-0.25, -0.2) is 0 Å². The van der Waals surface area contributed by atoms with E-state index in [4.69, 9.17) is 4.74 Å². The van der Waals surface area contributed by atoms with E-state index >= 15 is 0 Å². The highest BCUT2D eigenvalue weighted by Gasteiger charge is 2.33. The number of non-ortho nitro benzene ring substituents is 1. The highest BCUT2D eigenvalue weighted by atomic mass is 16.6. The average molecular weight is 262 g/mol. The Labute approximate surface area is 110 Å². The number of hydrogen-bond donors (Lipinski definition) is 0. The number of hydrogen-bond acceptors (Lipinski definition) is 4. The number of benzene rings is 1. The summed E-state index contributed by atoms with van der Waals surface area (Å²) in [7, 11) is 0. The summed E-state index contributed by atoms with van der Waals surface area (Å²) in [6.45, 7) is 0.896. The van der Waals surface area contributed by atoms with Crippen LogP contribution in [0.3, 0.4) is 0 Å². The fourth-order valence-electron chi connectivity index (χ4n) is 2.42. The van der Waals surface area contributed by atoms with Gasteiger partial charge in [0.1, 0.15) is 12.4 Å². The zero-order valence-corrected chi connectivity index (χ0v) is 10.4. The van der Waals surface area contributed by atoms with Crippen LogP contribution in [0.4, 0.5) is 11.4 Å². The third kappa shape index (κ3) is 2.03. The van der Waals surface area contributed by atoms with Crippen molar-refractivity contribution in [3.05, 3.63) is 28.3 Å². The lowest BCUT2D eigenvalue weighted by Gasteiger charge is -2.34. The Balaban J connectivity index is 1.95. The van der Waals surface area contributed by atoms with E-state index in [1.165, 1.54) is 12.1 Å². The number of carbonyl (C=O) groups is 1. The van der Waals surface area contributed by atoms with Crippen LogP contribution in [0, 0.1) is 16.0 Å². The molecule has 1 aliphatic carbocycles. The second-order valence-electron chi connectivity index (χ2n) is 4.88. The van der Waals surface area contributed by atoms with Gasteiger partial charge < -0.3 is 9.64 Å². The van der Waals surface area contributed by atoms with E-state index in [1.54, 1.807) is 11.0 Å². The van der Waals surface area contributed by atoms with Gasteiger partial charge in [-0.15, -0.1) is 0 Å². The smallest absolute Gasteiger partial charge is 0.271 e. The van der Waals surface area contributed by atoms with E-state index < -0.39 is 4.92 Å². The molecule has 1 amide bonds. The molecule has 0 bridgehead atoms. The molecular weight excluding hydrogens is 248 g/mol. The van der Waals surface area contributed by atoms with Crippen molar-refractivity contribution in [3.8, 4) is 5.75 Å². The van der Waals surface area contributed by atoms with Crippen LogP contribution in [0.2, 0.25) is 0 Å². The monoisotopic (exact) mass is 262 g/mol. The Morgan fingerprint density at radius 2 is 2.21 bits per heavy atom. The van der Waals surface area contributed by atoms with E-state index in [2.05, 4.69) is 0 Å². The summed E-state index contributed by atoms with van der Waals surface area (Å²) >= 11 is 0. The average Bonchev–Trinajstić information content (AvgIpc) is 2.35. The van der Waals surface area contributed by atoms with Gasteiger partial charge in [-0.05, 0) is 18.9 Å². The molecule has 1 aliphatic heterocycles. The molecule has 1 aromatic rings. The molecule has 1 fully saturated rings. The van der Waals surface area contributed by atoms with Gasteiger partial charge in [-0.3, -0.25) is 14.9 Å². The highest BCUT2D eigenvalue weighted by Crippen LogP contribution is 2.38.